The molecule has 0 spiro atoms. The van der Waals surface area contributed by atoms with Crippen LogP contribution in [0.5, 0.6) is 0 Å². The number of carbonyl (C=O) groups is 1. The molecule has 0 saturated carbocycles. The highest BCUT2D eigenvalue weighted by molar-refractivity contribution is 7.99. The van der Waals surface area contributed by atoms with Gasteiger partial charge in [0.2, 0.25) is 0 Å². The van der Waals surface area contributed by atoms with Gasteiger partial charge in [0.05, 0.1) is 6.61 Å². The van der Waals surface area contributed by atoms with Crippen LogP contribution in [0.2, 0.25) is 0 Å². The van der Waals surface area contributed by atoms with Gasteiger partial charge in [-0.15, -0.1) is 0 Å². The molecule has 1 atom stereocenters. The van der Waals surface area contributed by atoms with Crippen molar-refractivity contribution in [2.75, 3.05) is 12.4 Å². The average Bonchev–Trinajstić information content (AvgIpc) is 2.40. The van der Waals surface area contributed by atoms with Crippen LogP contribution in [0.1, 0.15) is 26.7 Å². The predicted molar refractivity (Wildman–Crippen MR) is 79.3 cm³/mol. The van der Waals surface area contributed by atoms with E-state index in [4.69, 9.17) is 10.5 Å². The number of nitrogens with zero attached hydrogens (tertiary/aromatic N) is 2. The number of aromatic amines is 1. The number of aryl methyl sites for hydroxylation is 1. The van der Waals surface area contributed by atoms with E-state index in [0.717, 1.165) is 0 Å². The summed E-state index contributed by atoms with van der Waals surface area (Å²) in [5.41, 5.74) is 3.31. The van der Waals surface area contributed by atoms with Gasteiger partial charge in [0, 0.05) is 12.8 Å². The number of nitrogens with two attached hydrogens (primary N) is 1. The van der Waals surface area contributed by atoms with Crippen LogP contribution in [0.3, 0.4) is 0 Å². The summed E-state index contributed by atoms with van der Waals surface area (Å²) in [6, 6.07) is 0. The molecule has 1 heterocycles. The van der Waals surface area contributed by atoms with Crippen molar-refractivity contribution in [3.05, 3.63) is 20.7 Å². The lowest BCUT2D eigenvalue weighted by Crippen LogP contribution is -2.46. The second kappa shape index (κ2) is 7.41. The Morgan fingerprint density at radius 3 is 2.81 bits per heavy atom. The van der Waals surface area contributed by atoms with E-state index in [1.165, 1.54) is 16.4 Å². The maximum Gasteiger partial charge on any atom is 0.339 e. The summed E-state index contributed by atoms with van der Waals surface area (Å²) in [5, 5.41) is 2.78. The maximum absolute atomic E-state index is 11.6. The van der Waals surface area contributed by atoms with Crippen molar-refractivity contribution in [1.29, 1.82) is 0 Å². The first-order valence-electron chi connectivity index (χ1n) is 6.54. The molecule has 1 aromatic heterocycles. The number of H-pyrrole nitrogens is 1. The largest absolute Gasteiger partial charge is 0.465 e. The first-order valence-corrected chi connectivity index (χ1v) is 7.52. The Hall–Kier alpha value is -1.61. The third-order valence-electron chi connectivity index (χ3n) is 2.76. The van der Waals surface area contributed by atoms with E-state index in [9.17, 15) is 14.4 Å². The maximum atomic E-state index is 11.6. The Labute approximate surface area is 126 Å². The van der Waals surface area contributed by atoms with Gasteiger partial charge in [-0.2, -0.15) is 4.98 Å². The van der Waals surface area contributed by atoms with Crippen LogP contribution in [0.4, 0.5) is 0 Å². The van der Waals surface area contributed by atoms with Gasteiger partial charge in [0.15, 0.2) is 5.16 Å². The first-order chi connectivity index (χ1) is 9.77. The number of aromatic nitrogens is 3. The molecule has 0 amide bonds. The van der Waals surface area contributed by atoms with Gasteiger partial charge < -0.3 is 10.5 Å². The number of carbonyl (C=O) groups excluding carboxylic acids is 1. The quantitative estimate of drug-likeness (QED) is 0.304. The highest BCUT2D eigenvalue weighted by Crippen LogP contribution is 2.17. The SMILES string of the molecule is CCOC(=O)C(C)(N)CCCSc1nc(=O)c(=O)[nH]n1C. The predicted octanol–water partition coefficient (Wildman–Crippen LogP) is -0.379. The Morgan fingerprint density at radius 2 is 2.19 bits per heavy atom. The second-order valence-corrected chi connectivity index (χ2v) is 5.85. The highest BCUT2D eigenvalue weighted by Gasteiger charge is 2.29. The number of hydrogen-bond acceptors (Lipinski definition) is 7. The fourth-order valence-corrected chi connectivity index (χ4v) is 2.45. The zero-order valence-electron chi connectivity index (χ0n) is 12.3. The lowest BCUT2D eigenvalue weighted by molar-refractivity contribution is -0.149. The number of ether oxygens (including phenoxy) is 1. The minimum absolute atomic E-state index is 0.295. The van der Waals surface area contributed by atoms with E-state index in [-0.39, 0.29) is 0 Å². The van der Waals surface area contributed by atoms with Gasteiger partial charge in [0.1, 0.15) is 5.54 Å². The molecule has 0 bridgehead atoms. The van der Waals surface area contributed by atoms with Crippen molar-refractivity contribution in [2.45, 2.75) is 37.4 Å². The zero-order chi connectivity index (χ0) is 16.0. The summed E-state index contributed by atoms with van der Waals surface area (Å²) in [6.07, 6.45) is 1.10. The number of thioether (sulfide) groups is 1. The molecule has 0 aliphatic carbocycles. The van der Waals surface area contributed by atoms with Crippen LogP contribution in [0.15, 0.2) is 14.7 Å². The second-order valence-electron chi connectivity index (χ2n) is 4.79. The van der Waals surface area contributed by atoms with Gasteiger partial charge in [-0.1, -0.05) is 11.8 Å². The Kier molecular flexibility index (Phi) is 6.16. The summed E-state index contributed by atoms with van der Waals surface area (Å²) in [5.74, 6) is 0.183. The van der Waals surface area contributed by atoms with Crippen LogP contribution in [0.25, 0.3) is 0 Å². The van der Waals surface area contributed by atoms with Crippen molar-refractivity contribution in [3.63, 3.8) is 0 Å². The zero-order valence-corrected chi connectivity index (χ0v) is 13.2. The van der Waals surface area contributed by atoms with Crippen molar-refractivity contribution in [1.82, 2.24) is 14.8 Å². The van der Waals surface area contributed by atoms with E-state index in [0.29, 0.717) is 30.4 Å². The minimum Gasteiger partial charge on any atom is -0.465 e. The number of rotatable bonds is 7. The lowest BCUT2D eigenvalue weighted by atomic mass is 9.98. The van der Waals surface area contributed by atoms with Crippen molar-refractivity contribution < 1.29 is 9.53 Å². The van der Waals surface area contributed by atoms with Gasteiger partial charge >= 0.3 is 17.1 Å². The molecule has 0 fully saturated rings. The normalized spacial score (nSPS) is 13.7. The average molecular weight is 316 g/mol. The first kappa shape index (κ1) is 17.4. The van der Waals surface area contributed by atoms with E-state index in [1.807, 2.05) is 0 Å². The molecule has 21 heavy (non-hydrogen) atoms. The minimum atomic E-state index is -1.03. The summed E-state index contributed by atoms with van der Waals surface area (Å²) in [7, 11) is 1.60. The number of hydrogen-bond donors (Lipinski definition) is 2. The van der Waals surface area contributed by atoms with Gasteiger partial charge in [-0.3, -0.25) is 24.2 Å². The van der Waals surface area contributed by atoms with Crippen LogP contribution < -0.4 is 16.9 Å². The summed E-state index contributed by atoms with van der Waals surface area (Å²) >= 11 is 1.31. The smallest absolute Gasteiger partial charge is 0.339 e. The molecule has 0 aliphatic heterocycles. The van der Waals surface area contributed by atoms with Gasteiger partial charge in [0.25, 0.3) is 0 Å². The van der Waals surface area contributed by atoms with E-state index in [2.05, 4.69) is 10.1 Å². The van der Waals surface area contributed by atoms with Crippen molar-refractivity contribution in [3.8, 4) is 0 Å². The molecule has 1 unspecified atom stereocenters. The Balaban J connectivity index is 2.51. The van der Waals surface area contributed by atoms with Gasteiger partial charge in [-0.25, -0.2) is 0 Å². The third kappa shape index (κ3) is 5.01. The van der Waals surface area contributed by atoms with Crippen LogP contribution >= 0.6 is 11.8 Å². The fraction of sp³-hybridized carbons (Fsp3) is 0.667. The molecule has 3 N–H and O–H groups in total. The standard InChI is InChI=1S/C12H20N4O4S/c1-4-20-10(19)12(2,13)6-5-7-21-11-14-8(17)9(18)15-16(11)3/h4-7,13H2,1-3H3,(H,15,18). The molecular weight excluding hydrogens is 296 g/mol. The van der Waals surface area contributed by atoms with Crippen molar-refractivity contribution in [2.24, 2.45) is 12.8 Å². The fourth-order valence-electron chi connectivity index (χ4n) is 1.59. The molecule has 0 radical (unpaired) electrons. The van der Waals surface area contributed by atoms with E-state index in [1.54, 1.807) is 20.9 Å². The summed E-state index contributed by atoms with van der Waals surface area (Å²) in [4.78, 5) is 37.5. The molecule has 1 rings (SSSR count). The van der Waals surface area contributed by atoms with E-state index < -0.39 is 22.6 Å². The molecular formula is C12H20N4O4S. The Bertz CT molecular complexity index is 608. The topological polar surface area (TPSA) is 120 Å². The molecule has 9 heteroatoms. The van der Waals surface area contributed by atoms with Crippen LogP contribution in [-0.4, -0.2) is 38.6 Å². The molecule has 0 aromatic carbocycles. The molecule has 0 aliphatic rings. The Morgan fingerprint density at radius 1 is 1.52 bits per heavy atom. The number of nitrogens with one attached hydrogen (secondary N) is 1. The molecule has 0 saturated heterocycles. The highest BCUT2D eigenvalue weighted by atomic mass is 32.2. The van der Waals surface area contributed by atoms with Gasteiger partial charge in [-0.05, 0) is 26.7 Å². The third-order valence-corrected chi connectivity index (χ3v) is 3.88. The van der Waals surface area contributed by atoms with Crippen LogP contribution in [-0.2, 0) is 16.6 Å². The van der Waals surface area contributed by atoms with E-state index >= 15 is 0 Å². The summed E-state index contributed by atoms with van der Waals surface area (Å²) < 4.78 is 6.29. The summed E-state index contributed by atoms with van der Waals surface area (Å²) in [6.45, 7) is 3.65. The molecule has 8 nitrogen and oxygen atoms in total. The molecule has 1 aromatic rings. The van der Waals surface area contributed by atoms with Crippen LogP contribution in [0, 0.1) is 0 Å². The monoisotopic (exact) mass is 316 g/mol. The van der Waals surface area contributed by atoms with Crippen molar-refractivity contribution >= 4 is 17.7 Å². The molecule has 118 valence electrons. The lowest BCUT2D eigenvalue weighted by Gasteiger charge is -2.21. The number of esters is 1.